The standard InChI is InChI=1S/C31H31FN6O/c1-21-5-6-29(32)28(14-21)30-16-27(26-4-3-9-34-31(26)36-30)23-15-22(17-33-18-23)24-19-35-38(20-24)25-7-10-37(11-8-25)12-13-39-2/h3-6,9,14-20,25H,7-8,10-13H2,1-2H3. The number of ether oxygens (including phenoxy) is 1. The molecule has 5 heterocycles. The van der Waals surface area contributed by atoms with E-state index in [1.54, 1.807) is 19.4 Å². The Kier molecular flexibility index (Phi) is 7.13. The number of hydrogen-bond acceptors (Lipinski definition) is 6. The molecule has 0 radical (unpaired) electrons. The Morgan fingerprint density at radius 3 is 2.67 bits per heavy atom. The summed E-state index contributed by atoms with van der Waals surface area (Å²) in [6.07, 6.45) is 11.6. The van der Waals surface area contributed by atoms with E-state index in [0.29, 0.717) is 22.9 Å². The first-order valence-corrected chi connectivity index (χ1v) is 13.3. The van der Waals surface area contributed by atoms with Crippen molar-refractivity contribution in [2.45, 2.75) is 25.8 Å². The molecule has 0 aliphatic carbocycles. The zero-order chi connectivity index (χ0) is 26.8. The van der Waals surface area contributed by atoms with Crippen LogP contribution in [0.3, 0.4) is 0 Å². The number of piperidine rings is 1. The molecular formula is C31H31FN6O. The Morgan fingerprint density at radius 1 is 0.974 bits per heavy atom. The Balaban J connectivity index is 1.32. The third-order valence-corrected chi connectivity index (χ3v) is 7.51. The van der Waals surface area contributed by atoms with E-state index in [1.807, 2.05) is 49.8 Å². The lowest BCUT2D eigenvalue weighted by molar-refractivity contribution is 0.119. The van der Waals surface area contributed by atoms with Crippen LogP contribution in [0.1, 0.15) is 24.4 Å². The average Bonchev–Trinajstić information content (AvgIpc) is 3.48. The zero-order valence-corrected chi connectivity index (χ0v) is 22.2. The van der Waals surface area contributed by atoms with Gasteiger partial charge in [0.05, 0.1) is 24.5 Å². The Labute approximate surface area is 227 Å². The Morgan fingerprint density at radius 2 is 1.82 bits per heavy atom. The van der Waals surface area contributed by atoms with Crippen molar-refractivity contribution in [2.24, 2.45) is 0 Å². The van der Waals surface area contributed by atoms with Crippen LogP contribution in [0.25, 0.3) is 44.5 Å². The number of likely N-dealkylation sites (tertiary alicyclic amines) is 1. The fourth-order valence-corrected chi connectivity index (χ4v) is 5.33. The first-order chi connectivity index (χ1) is 19.1. The number of methoxy groups -OCH3 is 1. The molecule has 1 fully saturated rings. The van der Waals surface area contributed by atoms with Gasteiger partial charge in [0.1, 0.15) is 5.82 Å². The van der Waals surface area contributed by atoms with E-state index in [1.165, 1.54) is 6.07 Å². The highest BCUT2D eigenvalue weighted by Crippen LogP contribution is 2.34. The van der Waals surface area contributed by atoms with Crippen molar-refractivity contribution in [1.82, 2.24) is 29.6 Å². The van der Waals surface area contributed by atoms with Crippen LogP contribution in [0.15, 0.2) is 73.4 Å². The highest BCUT2D eigenvalue weighted by molar-refractivity contribution is 5.95. The predicted molar refractivity (Wildman–Crippen MR) is 151 cm³/mol. The van der Waals surface area contributed by atoms with Crippen molar-refractivity contribution in [3.8, 4) is 33.5 Å². The molecule has 1 aliphatic rings. The molecule has 5 aromatic rings. The highest BCUT2D eigenvalue weighted by Gasteiger charge is 2.21. The van der Waals surface area contributed by atoms with Gasteiger partial charge in [-0.05, 0) is 61.7 Å². The number of fused-ring (bicyclic) bond motifs is 1. The third kappa shape index (κ3) is 5.30. The van der Waals surface area contributed by atoms with Crippen LogP contribution in [-0.2, 0) is 4.74 Å². The number of rotatable bonds is 7. The van der Waals surface area contributed by atoms with Gasteiger partial charge >= 0.3 is 0 Å². The monoisotopic (exact) mass is 522 g/mol. The summed E-state index contributed by atoms with van der Waals surface area (Å²) in [6.45, 7) is 5.79. The minimum Gasteiger partial charge on any atom is -0.383 e. The highest BCUT2D eigenvalue weighted by atomic mass is 19.1. The molecular weight excluding hydrogens is 491 g/mol. The summed E-state index contributed by atoms with van der Waals surface area (Å²) in [6, 6.07) is 13.4. The summed E-state index contributed by atoms with van der Waals surface area (Å²) in [5.41, 5.74) is 6.38. The van der Waals surface area contributed by atoms with E-state index in [9.17, 15) is 4.39 Å². The van der Waals surface area contributed by atoms with Crippen molar-refractivity contribution in [1.29, 1.82) is 0 Å². The van der Waals surface area contributed by atoms with Crippen LogP contribution in [-0.4, -0.2) is 63.0 Å². The number of halogens is 1. The lowest BCUT2D eigenvalue weighted by Crippen LogP contribution is -2.36. The number of nitrogens with zero attached hydrogens (tertiary/aromatic N) is 6. The van der Waals surface area contributed by atoms with Crippen LogP contribution >= 0.6 is 0 Å². The van der Waals surface area contributed by atoms with E-state index in [-0.39, 0.29) is 5.82 Å². The molecule has 0 unspecified atom stereocenters. The number of pyridine rings is 3. The van der Waals surface area contributed by atoms with E-state index in [0.717, 1.165) is 72.3 Å². The van der Waals surface area contributed by atoms with Crippen LogP contribution in [0.2, 0.25) is 0 Å². The van der Waals surface area contributed by atoms with Gasteiger partial charge in [-0.25, -0.2) is 14.4 Å². The van der Waals surface area contributed by atoms with Crippen molar-refractivity contribution in [3.05, 3.63) is 84.8 Å². The molecule has 0 N–H and O–H groups in total. The topological polar surface area (TPSA) is 69.0 Å². The molecule has 0 amide bonds. The molecule has 0 saturated carbocycles. The van der Waals surface area contributed by atoms with E-state index < -0.39 is 0 Å². The molecule has 8 heteroatoms. The van der Waals surface area contributed by atoms with E-state index in [4.69, 9.17) is 14.8 Å². The third-order valence-electron chi connectivity index (χ3n) is 7.51. The number of benzene rings is 1. The SMILES string of the molecule is COCCN1CCC(n2cc(-c3cncc(-c4cc(-c5cc(C)ccc5F)nc5ncccc45)c3)cn2)CC1. The van der Waals surface area contributed by atoms with Gasteiger partial charge < -0.3 is 9.64 Å². The summed E-state index contributed by atoms with van der Waals surface area (Å²) in [5, 5.41) is 5.60. The van der Waals surface area contributed by atoms with Gasteiger partial charge in [-0.2, -0.15) is 5.10 Å². The van der Waals surface area contributed by atoms with E-state index >= 15 is 0 Å². The van der Waals surface area contributed by atoms with Crippen LogP contribution in [0.4, 0.5) is 4.39 Å². The molecule has 0 atom stereocenters. The lowest BCUT2D eigenvalue weighted by Gasteiger charge is -2.31. The summed E-state index contributed by atoms with van der Waals surface area (Å²) in [4.78, 5) is 16.2. The van der Waals surface area contributed by atoms with Crippen LogP contribution in [0, 0.1) is 12.7 Å². The Hall–Kier alpha value is -4.01. The van der Waals surface area contributed by atoms with Crippen LogP contribution < -0.4 is 0 Å². The molecule has 1 saturated heterocycles. The predicted octanol–water partition coefficient (Wildman–Crippen LogP) is 5.95. The Bertz CT molecular complexity index is 1610. The van der Waals surface area contributed by atoms with Crippen LogP contribution in [0.5, 0.6) is 0 Å². The fourth-order valence-electron chi connectivity index (χ4n) is 5.33. The van der Waals surface area contributed by atoms with Crippen molar-refractivity contribution in [3.63, 3.8) is 0 Å². The molecule has 7 nitrogen and oxygen atoms in total. The normalized spacial score (nSPS) is 14.7. The minimum atomic E-state index is -0.307. The van der Waals surface area contributed by atoms with Gasteiger partial charge in [0.15, 0.2) is 5.65 Å². The first kappa shape index (κ1) is 25.3. The molecule has 0 bridgehead atoms. The quantitative estimate of drug-likeness (QED) is 0.263. The average molecular weight is 523 g/mol. The summed E-state index contributed by atoms with van der Waals surface area (Å²) >= 11 is 0. The van der Waals surface area contributed by atoms with Gasteiger partial charge in [-0.15, -0.1) is 0 Å². The maximum atomic E-state index is 14.8. The summed E-state index contributed by atoms with van der Waals surface area (Å²) in [5.74, 6) is -0.307. The van der Waals surface area contributed by atoms with E-state index in [2.05, 4.69) is 31.8 Å². The number of aromatic nitrogens is 5. The summed E-state index contributed by atoms with van der Waals surface area (Å²) in [7, 11) is 1.75. The minimum absolute atomic E-state index is 0.307. The maximum absolute atomic E-state index is 14.8. The van der Waals surface area contributed by atoms with Gasteiger partial charge in [0, 0.05) is 79.2 Å². The summed E-state index contributed by atoms with van der Waals surface area (Å²) < 4.78 is 22.1. The van der Waals surface area contributed by atoms with Crippen molar-refractivity contribution < 1.29 is 9.13 Å². The second kappa shape index (κ2) is 11.0. The number of hydrogen-bond donors (Lipinski definition) is 0. The second-order valence-corrected chi connectivity index (χ2v) is 10.1. The fraction of sp³-hybridized carbons (Fsp3) is 0.290. The molecule has 0 spiro atoms. The molecule has 6 rings (SSSR count). The molecule has 39 heavy (non-hydrogen) atoms. The largest absolute Gasteiger partial charge is 0.383 e. The smallest absolute Gasteiger partial charge is 0.160 e. The maximum Gasteiger partial charge on any atom is 0.160 e. The second-order valence-electron chi connectivity index (χ2n) is 10.1. The number of aryl methyl sites for hydroxylation is 1. The molecule has 1 aromatic carbocycles. The molecule has 198 valence electrons. The molecule has 4 aromatic heterocycles. The van der Waals surface area contributed by atoms with Gasteiger partial charge in [-0.3, -0.25) is 9.67 Å². The van der Waals surface area contributed by atoms with Gasteiger partial charge in [0.25, 0.3) is 0 Å². The van der Waals surface area contributed by atoms with Crippen molar-refractivity contribution >= 4 is 11.0 Å². The van der Waals surface area contributed by atoms with Gasteiger partial charge in [-0.1, -0.05) is 11.6 Å². The van der Waals surface area contributed by atoms with Gasteiger partial charge in [0.2, 0.25) is 0 Å². The van der Waals surface area contributed by atoms with Crippen molar-refractivity contribution in [2.75, 3.05) is 33.4 Å². The first-order valence-electron chi connectivity index (χ1n) is 13.3. The lowest BCUT2D eigenvalue weighted by atomic mass is 9.98. The molecule has 1 aliphatic heterocycles. The zero-order valence-electron chi connectivity index (χ0n) is 22.2.